The van der Waals surface area contributed by atoms with Crippen molar-refractivity contribution in [2.45, 2.75) is 39.4 Å². The van der Waals surface area contributed by atoms with Crippen molar-refractivity contribution in [2.75, 3.05) is 40.9 Å². The molecule has 2 atom stereocenters. The van der Waals surface area contributed by atoms with E-state index in [-0.39, 0.29) is 0 Å². The van der Waals surface area contributed by atoms with Gasteiger partial charge in [0.2, 0.25) is 0 Å². The molecule has 0 heterocycles. The predicted molar refractivity (Wildman–Crippen MR) is 112 cm³/mol. The molecular weight excluding hydrogens is 374 g/mol. The minimum atomic E-state index is -2.85. The summed E-state index contributed by atoms with van der Waals surface area (Å²) in [5.41, 5.74) is 3.05. The molecule has 0 aromatic heterocycles. The van der Waals surface area contributed by atoms with Crippen molar-refractivity contribution >= 4 is 15.4 Å². The van der Waals surface area contributed by atoms with Gasteiger partial charge in [0, 0.05) is 0 Å². The molecule has 1 rings (SSSR count). The fourth-order valence-electron chi connectivity index (χ4n) is 2.83. The first-order chi connectivity index (χ1) is 11.8. The van der Waals surface area contributed by atoms with Crippen molar-refractivity contribution in [3.8, 4) is 0 Å². The van der Waals surface area contributed by atoms with Gasteiger partial charge < -0.3 is 0 Å². The third kappa shape index (κ3) is 6.60. The van der Waals surface area contributed by atoms with Crippen LogP contribution in [0.2, 0.25) is 0 Å². The summed E-state index contributed by atoms with van der Waals surface area (Å²) in [6.07, 6.45) is 1.66. The van der Waals surface area contributed by atoms with Gasteiger partial charge in [-0.2, -0.15) is 0 Å². The number of hydrogen-bond donors (Lipinski definition) is 2. The first kappa shape index (κ1) is 23.6. The Morgan fingerprint density at radius 3 is 1.73 bits per heavy atom. The van der Waals surface area contributed by atoms with Gasteiger partial charge in [-0.15, -0.1) is 0 Å². The van der Waals surface area contributed by atoms with Crippen molar-refractivity contribution in [1.82, 2.24) is 0 Å². The number of hydrogen-bond acceptors (Lipinski definition) is 6. The summed E-state index contributed by atoms with van der Waals surface area (Å²) in [6, 6.07) is 0. The number of ether oxygens (including phenoxy) is 2. The SMILES string of the molecule is COC1=C(OC)C(O[PH](C)(C)O)C(CC=C(C)C)=C(C)C1O[PH](C)(C)O. The van der Waals surface area contributed by atoms with Crippen LogP contribution in [0.3, 0.4) is 0 Å². The summed E-state index contributed by atoms with van der Waals surface area (Å²) in [5.74, 6) is 0.956. The predicted octanol–water partition coefficient (Wildman–Crippen LogP) is 3.61. The Kier molecular flexibility index (Phi) is 8.28. The van der Waals surface area contributed by atoms with E-state index in [4.69, 9.17) is 18.5 Å². The molecule has 0 bridgehead atoms. The van der Waals surface area contributed by atoms with Gasteiger partial charge in [0.1, 0.15) is 0 Å². The van der Waals surface area contributed by atoms with Gasteiger partial charge in [-0.1, -0.05) is 0 Å². The molecule has 6 nitrogen and oxygen atoms in total. The van der Waals surface area contributed by atoms with Gasteiger partial charge in [-0.3, -0.25) is 0 Å². The van der Waals surface area contributed by atoms with Gasteiger partial charge in [-0.25, -0.2) is 0 Å². The van der Waals surface area contributed by atoms with Crippen LogP contribution in [0.15, 0.2) is 34.3 Å². The summed E-state index contributed by atoms with van der Waals surface area (Å²) < 4.78 is 23.2. The Morgan fingerprint density at radius 2 is 1.35 bits per heavy atom. The van der Waals surface area contributed by atoms with Crippen LogP contribution >= 0.6 is 15.4 Å². The monoisotopic (exact) mass is 410 g/mol. The third-order valence-corrected chi connectivity index (χ3v) is 5.54. The van der Waals surface area contributed by atoms with Gasteiger partial charge in [-0.05, 0) is 0 Å². The maximum atomic E-state index is 10.4. The topological polar surface area (TPSA) is 77.4 Å². The molecule has 26 heavy (non-hydrogen) atoms. The summed E-state index contributed by atoms with van der Waals surface area (Å²) in [7, 11) is -2.58. The second-order valence-electron chi connectivity index (χ2n) is 7.72. The fraction of sp³-hybridized carbons (Fsp3) is 0.667. The Balaban J connectivity index is 3.53. The van der Waals surface area contributed by atoms with E-state index in [1.165, 1.54) is 5.57 Å². The first-order valence-corrected chi connectivity index (χ1v) is 14.5. The molecule has 0 amide bonds. The van der Waals surface area contributed by atoms with Crippen molar-refractivity contribution < 1.29 is 28.3 Å². The van der Waals surface area contributed by atoms with Crippen molar-refractivity contribution in [1.29, 1.82) is 0 Å². The standard InChI is InChI=1S/C18H36O6P2/c1-12(2)10-11-14-13(3)15(23-25(6,7)19)17(21-4)18(22-5)16(14)24-26(8,9)20/h10,15-16,19-20,25-26H,11H2,1-9H3. The molecule has 2 N–H and O–H groups in total. The van der Waals surface area contributed by atoms with Gasteiger partial charge in [0.25, 0.3) is 0 Å². The van der Waals surface area contributed by atoms with E-state index in [0.717, 1.165) is 11.1 Å². The minimum absolute atomic E-state index is 0.476. The van der Waals surface area contributed by atoms with Crippen LogP contribution in [0, 0.1) is 0 Å². The van der Waals surface area contributed by atoms with E-state index in [1.54, 1.807) is 40.9 Å². The molecule has 154 valence electrons. The molecule has 8 heteroatoms. The van der Waals surface area contributed by atoms with E-state index in [2.05, 4.69) is 6.08 Å². The third-order valence-electron chi connectivity index (χ3n) is 3.92. The van der Waals surface area contributed by atoms with E-state index in [0.29, 0.717) is 17.9 Å². The number of allylic oxidation sites excluding steroid dienone is 2. The molecule has 0 aromatic rings. The molecule has 1 aliphatic rings. The van der Waals surface area contributed by atoms with Crippen LogP contribution in [0.25, 0.3) is 0 Å². The normalized spacial score (nSPS) is 23.0. The van der Waals surface area contributed by atoms with Crippen molar-refractivity contribution in [3.63, 3.8) is 0 Å². The second-order valence-corrected chi connectivity index (χ2v) is 14.0. The van der Waals surface area contributed by atoms with Crippen molar-refractivity contribution in [3.05, 3.63) is 34.3 Å². The molecule has 0 saturated heterocycles. The summed E-state index contributed by atoms with van der Waals surface area (Å²) in [4.78, 5) is 20.7. The van der Waals surface area contributed by atoms with Crippen LogP contribution in [-0.4, -0.2) is 62.9 Å². The quantitative estimate of drug-likeness (QED) is 0.470. The molecule has 0 saturated carbocycles. The molecule has 0 spiro atoms. The summed E-state index contributed by atoms with van der Waals surface area (Å²) >= 11 is 0. The summed E-state index contributed by atoms with van der Waals surface area (Å²) in [6.45, 7) is 12.9. The molecular formula is C18H36O6P2. The molecule has 0 aliphatic heterocycles. The van der Waals surface area contributed by atoms with Crippen LogP contribution in [0.5, 0.6) is 0 Å². The molecule has 0 fully saturated rings. The van der Waals surface area contributed by atoms with E-state index in [1.807, 2.05) is 20.8 Å². The fourth-order valence-corrected chi connectivity index (χ4v) is 4.52. The first-order valence-electron chi connectivity index (χ1n) is 8.76. The maximum absolute atomic E-state index is 10.4. The Bertz CT molecular complexity index is 592. The van der Waals surface area contributed by atoms with Crippen LogP contribution in [0.4, 0.5) is 0 Å². The Labute approximate surface area is 158 Å². The zero-order chi connectivity index (χ0) is 20.3. The Hall–Kier alpha value is -0.480. The van der Waals surface area contributed by atoms with Gasteiger partial charge in [0.15, 0.2) is 0 Å². The van der Waals surface area contributed by atoms with Crippen LogP contribution in [-0.2, 0) is 18.5 Å². The average Bonchev–Trinajstić information content (AvgIpc) is 2.46. The zero-order valence-corrected chi connectivity index (χ0v) is 19.5. The molecule has 0 aromatic carbocycles. The van der Waals surface area contributed by atoms with E-state index < -0.39 is 27.6 Å². The zero-order valence-electron chi connectivity index (χ0n) is 17.5. The van der Waals surface area contributed by atoms with Crippen LogP contribution in [0.1, 0.15) is 27.2 Å². The molecule has 0 radical (unpaired) electrons. The van der Waals surface area contributed by atoms with Crippen LogP contribution < -0.4 is 0 Å². The molecule has 2 unspecified atom stereocenters. The molecule has 1 aliphatic carbocycles. The van der Waals surface area contributed by atoms with E-state index >= 15 is 0 Å². The van der Waals surface area contributed by atoms with Crippen molar-refractivity contribution in [2.24, 2.45) is 0 Å². The van der Waals surface area contributed by atoms with Gasteiger partial charge in [0.05, 0.1) is 0 Å². The van der Waals surface area contributed by atoms with Gasteiger partial charge >= 0.3 is 158 Å². The number of rotatable bonds is 8. The Morgan fingerprint density at radius 1 is 0.923 bits per heavy atom. The average molecular weight is 410 g/mol. The number of methoxy groups -OCH3 is 2. The van der Waals surface area contributed by atoms with E-state index in [9.17, 15) is 9.79 Å². The summed E-state index contributed by atoms with van der Waals surface area (Å²) in [5, 5.41) is 0. The second kappa shape index (κ2) is 9.14.